The average molecular weight is 599 g/mol. The van der Waals surface area contributed by atoms with Gasteiger partial charge in [-0.3, -0.25) is 0 Å². The molecule has 7 nitrogen and oxygen atoms in total. The van der Waals surface area contributed by atoms with Crippen LogP contribution in [0, 0.1) is 17.2 Å². The fourth-order valence-electron chi connectivity index (χ4n) is 5.45. The van der Waals surface area contributed by atoms with Gasteiger partial charge in [-0.2, -0.15) is 0 Å². The number of hydrogen-bond acceptors (Lipinski definition) is 6. The molecule has 1 amide bonds. The van der Waals surface area contributed by atoms with Gasteiger partial charge in [0.15, 0.2) is 14.6 Å². The topological polar surface area (TPSA) is 74.0 Å². The molecule has 9 heteroatoms. The minimum Gasteiger partial charge on any atom is -0.489 e. The Hall–Kier alpha value is -2.91. The molecule has 1 atom stereocenters. The maximum absolute atomic E-state index is 13.4. The minimum absolute atomic E-state index is 0.189. The highest BCUT2D eigenvalue weighted by Gasteiger charge is 2.34. The molecule has 0 saturated carbocycles. The summed E-state index contributed by atoms with van der Waals surface area (Å²) in [5.74, 6) is 0.816. The van der Waals surface area contributed by atoms with Crippen molar-refractivity contribution in [2.75, 3.05) is 13.1 Å². The number of aryl methyl sites for hydroxylation is 1. The molecule has 0 N–H and O–H groups in total. The number of benzene rings is 2. The molecule has 230 valence electrons. The van der Waals surface area contributed by atoms with Crippen LogP contribution >= 0.6 is 0 Å². The molecule has 3 aromatic rings. The lowest BCUT2D eigenvalue weighted by atomic mass is 9.82. The number of nitrogens with zero attached hydrogens (tertiary/aromatic N) is 2. The monoisotopic (exact) mass is 598 g/mol. The number of carbonyl (C=O) groups excluding carboxylic acids is 1. The zero-order valence-electron chi connectivity index (χ0n) is 26.5. The minimum atomic E-state index is -1.42. The van der Waals surface area contributed by atoms with E-state index < -0.39 is 14.6 Å². The summed E-state index contributed by atoms with van der Waals surface area (Å²) < 4.78 is 37.8. The summed E-state index contributed by atoms with van der Waals surface area (Å²) >= 11 is 0. The highest BCUT2D eigenvalue weighted by Crippen LogP contribution is 2.43. The van der Waals surface area contributed by atoms with Gasteiger partial charge in [0, 0.05) is 24.0 Å². The lowest BCUT2D eigenvalue weighted by Crippen LogP contribution is -2.41. The highest BCUT2D eigenvalue weighted by molar-refractivity contribution is 6.48. The number of amides is 1. The Morgan fingerprint density at radius 2 is 1.74 bits per heavy atom. The number of carbonyl (C=O) groups is 1. The van der Waals surface area contributed by atoms with Crippen molar-refractivity contribution in [3.8, 4) is 5.75 Å². The van der Waals surface area contributed by atoms with Crippen molar-refractivity contribution < 1.29 is 27.6 Å². The van der Waals surface area contributed by atoms with Crippen molar-refractivity contribution in [1.82, 2.24) is 10.1 Å². The molecular weight excluding hydrogens is 551 g/mol. The molecule has 2 heterocycles. The summed E-state index contributed by atoms with van der Waals surface area (Å²) in [6, 6.07) is 10.2. The summed E-state index contributed by atoms with van der Waals surface area (Å²) in [4.78, 5) is 14.3. The van der Waals surface area contributed by atoms with E-state index in [0.29, 0.717) is 31.4 Å². The van der Waals surface area contributed by atoms with Gasteiger partial charge in [-0.25, -0.2) is 9.18 Å². The normalized spacial score (nSPS) is 15.8. The van der Waals surface area contributed by atoms with Gasteiger partial charge in [-0.05, 0) is 107 Å². The quantitative estimate of drug-likeness (QED) is 0.231. The molecule has 0 spiro atoms. The fraction of sp³-hybridized carbons (Fsp3) is 0.576. The summed E-state index contributed by atoms with van der Waals surface area (Å²) in [7, 11) is -1.42. The summed E-state index contributed by atoms with van der Waals surface area (Å²) in [6.07, 6.45) is 3.25. The number of aromatic nitrogens is 1. The summed E-state index contributed by atoms with van der Waals surface area (Å²) in [6.45, 7) is 18.3. The third kappa shape index (κ3) is 8.34. The van der Waals surface area contributed by atoms with Gasteiger partial charge in [0.1, 0.15) is 23.8 Å². The van der Waals surface area contributed by atoms with Crippen LogP contribution in [0.3, 0.4) is 0 Å². The molecule has 1 aromatic heterocycles. The summed E-state index contributed by atoms with van der Waals surface area (Å²) in [5.41, 5.74) is 2.97. The molecule has 1 aliphatic rings. The van der Waals surface area contributed by atoms with Crippen LogP contribution in [0.4, 0.5) is 9.18 Å². The van der Waals surface area contributed by atoms with Gasteiger partial charge >= 0.3 is 6.09 Å². The van der Waals surface area contributed by atoms with Gasteiger partial charge in [0.2, 0.25) is 0 Å². The van der Waals surface area contributed by atoms with E-state index in [9.17, 15) is 9.18 Å². The van der Waals surface area contributed by atoms with E-state index in [-0.39, 0.29) is 23.4 Å². The van der Waals surface area contributed by atoms with Gasteiger partial charge in [0.25, 0.3) is 0 Å². The predicted octanol–water partition coefficient (Wildman–Crippen LogP) is 8.21. The Morgan fingerprint density at radius 1 is 1.07 bits per heavy atom. The first kappa shape index (κ1) is 32.0. The maximum Gasteiger partial charge on any atom is 0.410 e. The molecule has 42 heavy (non-hydrogen) atoms. The zero-order chi connectivity index (χ0) is 30.7. The molecule has 1 unspecified atom stereocenters. The Kier molecular flexibility index (Phi) is 10.0. The van der Waals surface area contributed by atoms with Gasteiger partial charge in [0.05, 0.1) is 11.8 Å². The van der Waals surface area contributed by atoms with E-state index >= 15 is 0 Å². The number of fused-ring (bicyclic) bond motifs is 1. The van der Waals surface area contributed by atoms with Crippen LogP contribution in [-0.2, 0) is 22.2 Å². The Morgan fingerprint density at radius 3 is 2.33 bits per heavy atom. The van der Waals surface area contributed by atoms with Crippen LogP contribution in [0.25, 0.3) is 11.0 Å². The average Bonchev–Trinajstić information content (AvgIpc) is 3.32. The number of piperidine rings is 1. The van der Waals surface area contributed by atoms with E-state index in [0.717, 1.165) is 53.5 Å². The number of halogens is 1. The van der Waals surface area contributed by atoms with Crippen LogP contribution in [-0.4, -0.2) is 43.9 Å². The van der Waals surface area contributed by atoms with Crippen LogP contribution in [0.15, 0.2) is 40.9 Å². The molecule has 0 radical (unpaired) electrons. The van der Waals surface area contributed by atoms with Crippen molar-refractivity contribution in [2.45, 2.75) is 98.6 Å². The number of ether oxygens (including phenoxy) is 2. The second kappa shape index (κ2) is 13.2. The lowest BCUT2D eigenvalue weighted by Gasteiger charge is -2.34. The van der Waals surface area contributed by atoms with Crippen LogP contribution in [0.2, 0.25) is 13.1 Å². The molecule has 1 aliphatic heterocycles. The molecule has 1 fully saturated rings. The van der Waals surface area contributed by atoms with Crippen molar-refractivity contribution >= 4 is 26.1 Å². The van der Waals surface area contributed by atoms with E-state index in [1.165, 1.54) is 12.1 Å². The Balaban J connectivity index is 1.53. The first-order valence-electron chi connectivity index (χ1n) is 15.1. The van der Waals surface area contributed by atoms with E-state index in [2.05, 4.69) is 51.2 Å². The van der Waals surface area contributed by atoms with E-state index in [4.69, 9.17) is 18.4 Å². The molecule has 1 saturated heterocycles. The van der Waals surface area contributed by atoms with E-state index in [1.807, 2.05) is 25.7 Å². The molecule has 2 aromatic carbocycles. The summed E-state index contributed by atoms with van der Waals surface area (Å²) in [5, 5.41) is 5.55. The van der Waals surface area contributed by atoms with Crippen LogP contribution in [0.1, 0.15) is 83.7 Å². The van der Waals surface area contributed by atoms with Crippen LogP contribution < -0.4 is 4.74 Å². The highest BCUT2D eigenvalue weighted by atomic mass is 28.3. The third-order valence-electron chi connectivity index (χ3n) is 7.57. The number of likely N-dealkylation sites (tertiary alicyclic amines) is 1. The van der Waals surface area contributed by atoms with Crippen molar-refractivity contribution in [3.63, 3.8) is 0 Å². The molecule has 4 rings (SSSR count). The lowest BCUT2D eigenvalue weighted by molar-refractivity contribution is 0.0181. The second-order valence-corrected chi connectivity index (χ2v) is 16.1. The van der Waals surface area contributed by atoms with Crippen molar-refractivity contribution in [2.24, 2.45) is 11.3 Å². The molecule has 0 bridgehead atoms. The third-order valence-corrected chi connectivity index (χ3v) is 8.38. The SMILES string of the molecule is C[SiH](C)OC(c1c(COc2ccc(F)cc2)ccc2c(CCC3CCN(C(=O)OC(C)(C)C)CC3)noc12)C(C)(C)C. The fourth-order valence-corrected chi connectivity index (χ4v) is 6.54. The molecular formula is C33H47FN2O5Si. The number of hydrogen-bond donors (Lipinski definition) is 0. The molecule has 0 aliphatic carbocycles. The maximum atomic E-state index is 13.4. The van der Waals surface area contributed by atoms with Crippen LogP contribution in [0.5, 0.6) is 5.75 Å². The van der Waals surface area contributed by atoms with Crippen molar-refractivity contribution in [1.29, 1.82) is 0 Å². The van der Waals surface area contributed by atoms with Gasteiger partial charge in [-0.15, -0.1) is 0 Å². The Bertz CT molecular complexity index is 1340. The number of rotatable bonds is 9. The van der Waals surface area contributed by atoms with Gasteiger partial charge in [-0.1, -0.05) is 32.0 Å². The van der Waals surface area contributed by atoms with Crippen molar-refractivity contribution in [3.05, 3.63) is 59.0 Å². The predicted molar refractivity (Wildman–Crippen MR) is 166 cm³/mol. The first-order chi connectivity index (χ1) is 19.7. The standard InChI is InChI=1S/C33H47FN2O5Si/c1-32(2,3)30(41-42(7)8)28-23(21-38-25-13-11-24(34)12-14-25)10-15-26-27(35-40-29(26)28)16-9-22-17-19-36(20-18-22)31(37)39-33(4,5)6/h10-15,22,30,42H,9,16-21H2,1-8H3. The largest absolute Gasteiger partial charge is 0.489 e. The second-order valence-electron chi connectivity index (χ2n) is 13.8. The smallest absolute Gasteiger partial charge is 0.410 e. The first-order valence-corrected chi connectivity index (χ1v) is 17.9. The Labute approximate surface area is 251 Å². The van der Waals surface area contributed by atoms with E-state index in [1.54, 1.807) is 12.1 Å². The van der Waals surface area contributed by atoms with Gasteiger partial charge < -0.3 is 23.3 Å². The zero-order valence-corrected chi connectivity index (χ0v) is 27.6.